The van der Waals surface area contributed by atoms with Gasteiger partial charge in [-0.1, -0.05) is 55.8 Å². The Bertz CT molecular complexity index is 1080. The summed E-state index contributed by atoms with van der Waals surface area (Å²) >= 11 is 0. The number of carbonyl (C=O) groups excluding carboxylic acids is 2. The molecule has 1 atom stereocenters. The van der Waals surface area contributed by atoms with Crippen molar-refractivity contribution in [2.75, 3.05) is 33.5 Å². The minimum Gasteiger partial charge on any atom is -0.503 e. The molecular weight excluding hydrogens is 446 g/mol. The number of carbonyl (C=O) groups is 2. The molecule has 3 rings (SSSR count). The van der Waals surface area contributed by atoms with Crippen molar-refractivity contribution >= 4 is 17.8 Å². The van der Waals surface area contributed by atoms with Gasteiger partial charge in [0.15, 0.2) is 23.0 Å². The predicted molar refractivity (Wildman–Crippen MR) is 134 cm³/mol. The summed E-state index contributed by atoms with van der Waals surface area (Å²) in [5, 5.41) is 10.7. The monoisotopic (exact) mass is 479 g/mol. The first-order valence-corrected chi connectivity index (χ1v) is 11.9. The van der Waals surface area contributed by atoms with E-state index in [1.165, 1.54) is 18.1 Å². The molecule has 0 saturated carbocycles. The first-order valence-electron chi connectivity index (χ1n) is 11.9. The second kappa shape index (κ2) is 12.8. The van der Waals surface area contributed by atoms with Crippen molar-refractivity contribution in [2.24, 2.45) is 0 Å². The van der Waals surface area contributed by atoms with Crippen molar-refractivity contribution < 1.29 is 28.9 Å². The number of hydrogen-bond acceptors (Lipinski definition) is 6. The minimum atomic E-state index is -0.783. The number of ketones is 1. The van der Waals surface area contributed by atoms with Crippen LogP contribution in [0.15, 0.2) is 65.9 Å². The Morgan fingerprint density at radius 2 is 1.83 bits per heavy atom. The highest BCUT2D eigenvalue weighted by molar-refractivity contribution is 6.14. The molecule has 1 N–H and O–H groups in total. The number of methoxy groups -OCH3 is 1. The van der Waals surface area contributed by atoms with Crippen LogP contribution in [0.4, 0.5) is 0 Å². The lowest BCUT2D eigenvalue weighted by molar-refractivity contribution is -0.130. The van der Waals surface area contributed by atoms with Crippen molar-refractivity contribution in [3.8, 4) is 11.5 Å². The van der Waals surface area contributed by atoms with Gasteiger partial charge in [-0.25, -0.2) is 0 Å². The van der Waals surface area contributed by atoms with Crippen LogP contribution in [0, 0.1) is 0 Å². The van der Waals surface area contributed by atoms with Crippen LogP contribution in [-0.2, 0) is 14.3 Å². The molecule has 2 aromatic carbocycles. The lowest BCUT2D eigenvalue weighted by Gasteiger charge is -2.27. The van der Waals surface area contributed by atoms with Gasteiger partial charge in [0.25, 0.3) is 5.91 Å². The number of nitrogens with zero attached hydrogens (tertiary/aromatic N) is 1. The molecule has 7 heteroatoms. The summed E-state index contributed by atoms with van der Waals surface area (Å²) in [5.41, 5.74) is 1.51. The smallest absolute Gasteiger partial charge is 0.290 e. The van der Waals surface area contributed by atoms with Crippen LogP contribution in [0.5, 0.6) is 11.5 Å². The van der Waals surface area contributed by atoms with Crippen LogP contribution < -0.4 is 9.47 Å². The molecular formula is C28H33NO6. The molecule has 35 heavy (non-hydrogen) atoms. The van der Waals surface area contributed by atoms with E-state index in [4.69, 9.17) is 14.2 Å². The summed E-state index contributed by atoms with van der Waals surface area (Å²) in [6.45, 7) is 5.42. The summed E-state index contributed by atoms with van der Waals surface area (Å²) in [4.78, 5) is 27.7. The van der Waals surface area contributed by atoms with Gasteiger partial charge in [0.05, 0.1) is 31.4 Å². The number of benzene rings is 2. The number of allylic oxidation sites excluding steroid dienone is 1. The van der Waals surface area contributed by atoms with Gasteiger partial charge < -0.3 is 24.2 Å². The summed E-state index contributed by atoms with van der Waals surface area (Å²) in [7, 11) is 1.53. The van der Waals surface area contributed by atoms with E-state index in [9.17, 15) is 14.7 Å². The Balaban J connectivity index is 1.99. The number of unbranched alkanes of at least 4 members (excludes halogenated alkanes) is 1. The maximum Gasteiger partial charge on any atom is 0.290 e. The van der Waals surface area contributed by atoms with Gasteiger partial charge in [-0.3, -0.25) is 9.59 Å². The highest BCUT2D eigenvalue weighted by Crippen LogP contribution is 2.41. The molecule has 0 radical (unpaired) electrons. The van der Waals surface area contributed by atoms with Crippen molar-refractivity contribution in [3.63, 3.8) is 0 Å². The first-order chi connectivity index (χ1) is 17.0. The van der Waals surface area contributed by atoms with Crippen molar-refractivity contribution in [1.82, 2.24) is 4.90 Å². The quantitative estimate of drug-likeness (QED) is 0.325. The fraction of sp³-hybridized carbons (Fsp3) is 0.357. The molecule has 1 unspecified atom stereocenters. The van der Waals surface area contributed by atoms with Crippen LogP contribution in [0.25, 0.3) is 6.08 Å². The topological polar surface area (TPSA) is 85.3 Å². The van der Waals surface area contributed by atoms with E-state index in [-0.39, 0.29) is 18.7 Å². The number of hydrogen-bond donors (Lipinski definition) is 1. The summed E-state index contributed by atoms with van der Waals surface area (Å²) < 4.78 is 16.9. The second-order valence-electron chi connectivity index (χ2n) is 8.11. The number of aliphatic hydroxyl groups is 1. The molecule has 1 aliphatic heterocycles. The van der Waals surface area contributed by atoms with Crippen LogP contribution in [0.1, 0.15) is 43.9 Å². The lowest BCUT2D eigenvalue weighted by Crippen LogP contribution is -2.33. The summed E-state index contributed by atoms with van der Waals surface area (Å²) in [6, 6.07) is 13.9. The average Bonchev–Trinajstić information content (AvgIpc) is 3.12. The highest BCUT2D eigenvalue weighted by atomic mass is 16.5. The Labute approximate surface area is 206 Å². The third kappa shape index (κ3) is 6.31. The van der Waals surface area contributed by atoms with E-state index in [0.717, 1.165) is 18.4 Å². The fourth-order valence-electron chi connectivity index (χ4n) is 3.91. The molecule has 186 valence electrons. The van der Waals surface area contributed by atoms with Gasteiger partial charge in [0.2, 0.25) is 0 Å². The third-order valence-electron chi connectivity index (χ3n) is 5.67. The maximum absolute atomic E-state index is 13.3. The molecule has 1 amide bonds. The number of rotatable bonds is 13. The lowest BCUT2D eigenvalue weighted by atomic mass is 9.95. The standard InChI is InChI=1S/C28H33NO6/c1-4-6-17-35-23-15-13-21(19-24(23)34-5-2)26-25(27(31)28(32)29(26)16-18-33-3)22(30)14-12-20-10-8-7-9-11-20/h7-15,19,26,31H,4-6,16-18H2,1-3H3/b14-12+. The Kier molecular flexibility index (Phi) is 9.49. The highest BCUT2D eigenvalue weighted by Gasteiger charge is 2.43. The van der Waals surface area contributed by atoms with Crippen molar-refractivity contribution in [2.45, 2.75) is 32.7 Å². The Morgan fingerprint density at radius 1 is 1.06 bits per heavy atom. The van der Waals surface area contributed by atoms with Crippen molar-refractivity contribution in [1.29, 1.82) is 0 Å². The van der Waals surface area contributed by atoms with Gasteiger partial charge >= 0.3 is 0 Å². The van der Waals surface area contributed by atoms with E-state index in [0.29, 0.717) is 30.3 Å². The van der Waals surface area contributed by atoms with Gasteiger partial charge in [0.1, 0.15) is 0 Å². The molecule has 2 aromatic rings. The maximum atomic E-state index is 13.3. The van der Waals surface area contributed by atoms with Gasteiger partial charge in [-0.15, -0.1) is 0 Å². The fourth-order valence-corrected chi connectivity index (χ4v) is 3.91. The zero-order chi connectivity index (χ0) is 25.2. The predicted octanol–water partition coefficient (Wildman–Crippen LogP) is 4.89. The number of ether oxygens (including phenoxy) is 3. The SMILES string of the molecule is CCCCOc1ccc(C2C(C(=O)/C=C/c3ccccc3)=C(O)C(=O)N2CCOC)cc1OCC. The van der Waals surface area contributed by atoms with E-state index >= 15 is 0 Å². The zero-order valence-electron chi connectivity index (χ0n) is 20.5. The summed E-state index contributed by atoms with van der Waals surface area (Å²) in [5.74, 6) is -0.467. The number of aliphatic hydroxyl groups excluding tert-OH is 1. The van der Waals surface area contributed by atoms with Crippen molar-refractivity contribution in [3.05, 3.63) is 77.1 Å². The normalized spacial score (nSPS) is 15.8. The van der Waals surface area contributed by atoms with Gasteiger partial charge in [-0.2, -0.15) is 0 Å². The van der Waals surface area contributed by atoms with Crippen LogP contribution in [0.2, 0.25) is 0 Å². The van der Waals surface area contributed by atoms with E-state index in [2.05, 4.69) is 6.92 Å². The summed E-state index contributed by atoms with van der Waals surface area (Å²) in [6.07, 6.45) is 4.97. The first kappa shape index (κ1) is 26.0. The molecule has 0 bridgehead atoms. The minimum absolute atomic E-state index is 0.0281. The van der Waals surface area contributed by atoms with E-state index < -0.39 is 23.5 Å². The molecule has 0 aliphatic carbocycles. The van der Waals surface area contributed by atoms with E-state index in [1.807, 2.05) is 37.3 Å². The third-order valence-corrected chi connectivity index (χ3v) is 5.67. The van der Waals surface area contributed by atoms with E-state index in [1.54, 1.807) is 24.3 Å². The molecule has 0 fully saturated rings. The largest absolute Gasteiger partial charge is 0.503 e. The molecule has 1 heterocycles. The van der Waals surface area contributed by atoms with Crippen LogP contribution >= 0.6 is 0 Å². The molecule has 0 spiro atoms. The molecule has 1 aliphatic rings. The molecule has 0 aromatic heterocycles. The van der Waals surface area contributed by atoms with Gasteiger partial charge in [-0.05, 0) is 42.7 Å². The Morgan fingerprint density at radius 3 is 2.51 bits per heavy atom. The molecule has 7 nitrogen and oxygen atoms in total. The van der Waals surface area contributed by atoms with Crippen LogP contribution in [-0.4, -0.2) is 55.2 Å². The van der Waals surface area contributed by atoms with Crippen LogP contribution in [0.3, 0.4) is 0 Å². The number of amides is 1. The average molecular weight is 480 g/mol. The van der Waals surface area contributed by atoms with Gasteiger partial charge in [0, 0.05) is 13.7 Å². The molecule has 0 saturated heterocycles. The zero-order valence-corrected chi connectivity index (χ0v) is 20.5. The Hall–Kier alpha value is -3.58. The second-order valence-corrected chi connectivity index (χ2v) is 8.11.